The van der Waals surface area contributed by atoms with Gasteiger partial charge in [-0.1, -0.05) is 164 Å². The van der Waals surface area contributed by atoms with Crippen molar-refractivity contribution in [3.8, 4) is 33.4 Å². The molecule has 9 aromatic carbocycles. The Morgan fingerprint density at radius 2 is 0.961 bits per heavy atom. The van der Waals surface area contributed by atoms with E-state index in [4.69, 9.17) is 0 Å². The van der Waals surface area contributed by atoms with Crippen molar-refractivity contribution in [3.05, 3.63) is 186 Å². The van der Waals surface area contributed by atoms with E-state index in [2.05, 4.69) is 184 Å². The van der Waals surface area contributed by atoms with Gasteiger partial charge in [0.1, 0.15) is 0 Å². The lowest BCUT2D eigenvalue weighted by Crippen LogP contribution is -1.99. The first-order chi connectivity index (χ1) is 25.2. The Balaban J connectivity index is 1.21. The van der Waals surface area contributed by atoms with Crippen molar-refractivity contribution >= 4 is 59.9 Å². The van der Waals surface area contributed by atoms with Gasteiger partial charge in [-0.2, -0.15) is 0 Å². The van der Waals surface area contributed by atoms with E-state index in [1.807, 2.05) is 0 Å². The molecule has 0 heteroatoms. The zero-order valence-electron chi connectivity index (χ0n) is 28.9. The molecule has 10 rings (SSSR count). The quantitative estimate of drug-likeness (QED) is 0.167. The first-order valence-corrected chi connectivity index (χ1v) is 18.0. The fourth-order valence-corrected chi connectivity index (χ4v) is 8.87. The molecule has 0 heterocycles. The zero-order chi connectivity index (χ0) is 34.1. The van der Waals surface area contributed by atoms with Gasteiger partial charge in [0.2, 0.25) is 0 Å². The summed E-state index contributed by atoms with van der Waals surface area (Å²) < 4.78 is 0. The highest BCUT2D eigenvalue weighted by molar-refractivity contribution is 6.26. The second-order valence-corrected chi connectivity index (χ2v) is 14.0. The Hall–Kier alpha value is -6.24. The van der Waals surface area contributed by atoms with Crippen molar-refractivity contribution in [2.45, 2.75) is 20.3 Å². The predicted octanol–water partition coefficient (Wildman–Crippen LogP) is 14.2. The van der Waals surface area contributed by atoms with Crippen LogP contribution in [0.5, 0.6) is 0 Å². The largest absolute Gasteiger partial charge is 0.0801 e. The SMILES string of the molecule is Cc1cc(-c2c3c(c(-c4ccc5c6ccccc6c6ccccc6c5c4)c4ccccc24)CC=CC=C3)ccc1-c1ccc2ccccc2c1C. The van der Waals surface area contributed by atoms with Gasteiger partial charge in [-0.25, -0.2) is 0 Å². The van der Waals surface area contributed by atoms with Crippen LogP contribution in [-0.4, -0.2) is 0 Å². The molecule has 0 aliphatic heterocycles. The fraction of sp³-hybridized carbons (Fsp3) is 0.0588. The lowest BCUT2D eigenvalue weighted by Gasteiger charge is -2.22. The maximum atomic E-state index is 2.45. The van der Waals surface area contributed by atoms with Crippen LogP contribution in [0.2, 0.25) is 0 Å². The highest BCUT2D eigenvalue weighted by Crippen LogP contribution is 2.46. The topological polar surface area (TPSA) is 0 Å². The normalized spacial score (nSPS) is 12.7. The minimum absolute atomic E-state index is 0.874. The smallest absolute Gasteiger partial charge is 0.00294 e. The number of fused-ring (bicyclic) bond motifs is 9. The Morgan fingerprint density at radius 3 is 1.67 bits per heavy atom. The fourth-order valence-electron chi connectivity index (χ4n) is 8.87. The van der Waals surface area contributed by atoms with Crippen LogP contribution in [0.25, 0.3) is 93.3 Å². The minimum Gasteiger partial charge on any atom is -0.0801 e. The molecule has 0 saturated heterocycles. The monoisotopic (exact) mass is 648 g/mol. The lowest BCUT2D eigenvalue weighted by molar-refractivity contribution is 1.28. The summed E-state index contributed by atoms with van der Waals surface area (Å²) in [5.41, 5.74) is 13.1. The maximum Gasteiger partial charge on any atom is -0.00294 e. The van der Waals surface area contributed by atoms with E-state index in [0.717, 1.165) is 6.42 Å². The van der Waals surface area contributed by atoms with E-state index in [0.29, 0.717) is 0 Å². The van der Waals surface area contributed by atoms with Crippen LogP contribution >= 0.6 is 0 Å². The molecule has 0 nitrogen and oxygen atoms in total. The Labute approximate surface area is 298 Å². The summed E-state index contributed by atoms with van der Waals surface area (Å²) in [6, 6.07) is 54.3. The Bertz CT molecular complexity index is 2920. The van der Waals surface area contributed by atoms with Crippen LogP contribution in [-0.2, 0) is 6.42 Å². The molecule has 0 fully saturated rings. The van der Waals surface area contributed by atoms with Gasteiger partial charge in [0, 0.05) is 0 Å². The molecule has 0 N–H and O–H groups in total. The molecular weight excluding hydrogens is 613 g/mol. The number of hydrogen-bond acceptors (Lipinski definition) is 0. The maximum absolute atomic E-state index is 2.45. The first kappa shape index (κ1) is 29.7. The average Bonchev–Trinajstić information content (AvgIpc) is 3.43. The van der Waals surface area contributed by atoms with Gasteiger partial charge in [0.25, 0.3) is 0 Å². The number of hydrogen-bond donors (Lipinski definition) is 0. The van der Waals surface area contributed by atoms with Gasteiger partial charge < -0.3 is 0 Å². The van der Waals surface area contributed by atoms with Crippen molar-refractivity contribution in [2.75, 3.05) is 0 Å². The molecular formula is C51H36. The third kappa shape index (κ3) is 4.60. The molecule has 0 atom stereocenters. The van der Waals surface area contributed by atoms with Crippen molar-refractivity contribution in [1.82, 2.24) is 0 Å². The molecule has 1 aliphatic carbocycles. The van der Waals surface area contributed by atoms with Crippen LogP contribution in [0, 0.1) is 13.8 Å². The van der Waals surface area contributed by atoms with Crippen LogP contribution in [0.1, 0.15) is 22.3 Å². The molecule has 0 aromatic heterocycles. The van der Waals surface area contributed by atoms with Gasteiger partial charge in [-0.3, -0.25) is 0 Å². The molecule has 1 aliphatic rings. The molecule has 0 unspecified atom stereocenters. The van der Waals surface area contributed by atoms with E-state index < -0.39 is 0 Å². The summed E-state index contributed by atoms with van der Waals surface area (Å²) in [4.78, 5) is 0. The van der Waals surface area contributed by atoms with E-state index in [-0.39, 0.29) is 0 Å². The highest BCUT2D eigenvalue weighted by Gasteiger charge is 2.22. The molecule has 0 amide bonds. The van der Waals surface area contributed by atoms with E-state index in [9.17, 15) is 0 Å². The van der Waals surface area contributed by atoms with Gasteiger partial charge >= 0.3 is 0 Å². The molecule has 0 bridgehead atoms. The standard InChI is InChI=1S/C51H36/c1-32-30-35(25-27-37(32)39-28-24-34-14-6-7-15-38(34)33(39)2)50-45-20-4-3-5-21-46(45)51(48-23-13-12-22-47(48)50)36-26-29-44-42-18-9-8-16-40(42)41-17-10-11-19-43(41)49(44)31-36/h3-20,22-31H,21H2,1-2H3. The number of benzene rings is 9. The summed E-state index contributed by atoms with van der Waals surface area (Å²) in [6.45, 7) is 4.52. The summed E-state index contributed by atoms with van der Waals surface area (Å²) in [6.07, 6.45) is 9.94. The third-order valence-corrected chi connectivity index (χ3v) is 11.2. The number of rotatable bonds is 3. The van der Waals surface area contributed by atoms with Gasteiger partial charge in [0.05, 0.1) is 0 Å². The molecule has 240 valence electrons. The van der Waals surface area contributed by atoms with Crippen LogP contribution in [0.3, 0.4) is 0 Å². The van der Waals surface area contributed by atoms with E-state index in [1.165, 1.54) is 109 Å². The summed E-state index contributed by atoms with van der Waals surface area (Å²) >= 11 is 0. The zero-order valence-corrected chi connectivity index (χ0v) is 28.9. The number of aryl methyl sites for hydroxylation is 2. The number of allylic oxidation sites excluding steroid dienone is 3. The molecule has 0 saturated carbocycles. The van der Waals surface area contributed by atoms with Crippen molar-refractivity contribution in [3.63, 3.8) is 0 Å². The van der Waals surface area contributed by atoms with Crippen LogP contribution in [0.4, 0.5) is 0 Å². The van der Waals surface area contributed by atoms with Crippen LogP contribution < -0.4 is 0 Å². The summed E-state index contributed by atoms with van der Waals surface area (Å²) in [5, 5.41) is 13.0. The second kappa shape index (κ2) is 11.7. The lowest BCUT2D eigenvalue weighted by atomic mass is 9.81. The Kier molecular flexibility index (Phi) is 6.79. The molecule has 0 spiro atoms. The predicted molar refractivity (Wildman–Crippen MR) is 222 cm³/mol. The van der Waals surface area contributed by atoms with Crippen LogP contribution in [0.15, 0.2) is 164 Å². The average molecular weight is 649 g/mol. The third-order valence-electron chi connectivity index (χ3n) is 11.2. The summed E-state index contributed by atoms with van der Waals surface area (Å²) in [5.74, 6) is 0. The van der Waals surface area contributed by atoms with Gasteiger partial charge in [-0.05, 0) is 136 Å². The van der Waals surface area contributed by atoms with Gasteiger partial charge in [-0.15, -0.1) is 0 Å². The summed E-state index contributed by atoms with van der Waals surface area (Å²) in [7, 11) is 0. The van der Waals surface area contributed by atoms with Gasteiger partial charge in [0.15, 0.2) is 0 Å². The molecule has 51 heavy (non-hydrogen) atoms. The van der Waals surface area contributed by atoms with Crippen molar-refractivity contribution in [2.24, 2.45) is 0 Å². The molecule has 9 aromatic rings. The van der Waals surface area contributed by atoms with Crippen molar-refractivity contribution < 1.29 is 0 Å². The van der Waals surface area contributed by atoms with Crippen molar-refractivity contribution in [1.29, 1.82) is 0 Å². The molecule has 0 radical (unpaired) electrons. The minimum atomic E-state index is 0.874. The second-order valence-electron chi connectivity index (χ2n) is 14.0. The van der Waals surface area contributed by atoms with E-state index >= 15 is 0 Å². The Morgan fingerprint density at radius 1 is 0.412 bits per heavy atom. The highest BCUT2D eigenvalue weighted by atomic mass is 14.3. The van der Waals surface area contributed by atoms with E-state index in [1.54, 1.807) is 0 Å². The first-order valence-electron chi connectivity index (χ1n) is 18.0.